The summed E-state index contributed by atoms with van der Waals surface area (Å²) in [5.41, 5.74) is 7.41. The molecule has 15 heavy (non-hydrogen) atoms. The molecule has 0 saturated carbocycles. The van der Waals surface area contributed by atoms with Crippen molar-refractivity contribution in [3.05, 3.63) is 17.0 Å². The average Bonchev–Trinajstić information content (AvgIpc) is 2.68. The van der Waals surface area contributed by atoms with E-state index in [0.29, 0.717) is 0 Å². The zero-order chi connectivity index (χ0) is 11.2. The first kappa shape index (κ1) is 10.6. The second kappa shape index (κ2) is 3.32. The summed E-state index contributed by atoms with van der Waals surface area (Å²) in [5.74, 6) is 1.33. The quantitative estimate of drug-likeness (QED) is 0.767. The molecular formula is C11H18N2O2. The summed E-state index contributed by atoms with van der Waals surface area (Å²) < 4.78 is 5.29. The molecule has 4 heteroatoms. The van der Waals surface area contributed by atoms with E-state index in [9.17, 15) is 5.11 Å². The lowest BCUT2D eigenvalue weighted by Crippen LogP contribution is -2.44. The molecule has 0 spiro atoms. The van der Waals surface area contributed by atoms with Crippen LogP contribution in [0.4, 0.5) is 0 Å². The van der Waals surface area contributed by atoms with Crippen LogP contribution in [0.5, 0.6) is 0 Å². The van der Waals surface area contributed by atoms with E-state index in [4.69, 9.17) is 10.3 Å². The third-order valence-electron chi connectivity index (χ3n) is 3.43. The highest BCUT2D eigenvalue weighted by Crippen LogP contribution is 2.42. The number of nitrogens with zero attached hydrogens (tertiary/aromatic N) is 1. The molecule has 0 aliphatic heterocycles. The zero-order valence-electron chi connectivity index (χ0n) is 9.45. The van der Waals surface area contributed by atoms with Crippen LogP contribution in [0.25, 0.3) is 0 Å². The summed E-state index contributed by atoms with van der Waals surface area (Å²) in [6.07, 6.45) is 0.770. The van der Waals surface area contributed by atoms with E-state index in [0.717, 1.165) is 23.4 Å². The number of hydrogen-bond acceptors (Lipinski definition) is 4. The van der Waals surface area contributed by atoms with Gasteiger partial charge < -0.3 is 15.4 Å². The van der Waals surface area contributed by atoms with E-state index < -0.39 is 5.54 Å². The molecule has 1 aliphatic carbocycles. The highest BCUT2D eigenvalue weighted by atomic mass is 16.5. The standard InChI is InChI=1S/C11H18N2O2/c1-6(2)10-9-8(15-13-10)4-7(3)11(9,12)5-14/h6-7,14H,4-5,12H2,1-3H3. The van der Waals surface area contributed by atoms with Crippen molar-refractivity contribution >= 4 is 0 Å². The number of fused-ring (bicyclic) bond motifs is 1. The summed E-state index contributed by atoms with van der Waals surface area (Å²) >= 11 is 0. The highest BCUT2D eigenvalue weighted by Gasteiger charge is 2.46. The van der Waals surface area contributed by atoms with Crippen molar-refractivity contribution in [2.24, 2.45) is 11.7 Å². The monoisotopic (exact) mass is 210 g/mol. The summed E-state index contributed by atoms with van der Waals surface area (Å²) in [4.78, 5) is 0. The molecule has 0 aromatic carbocycles. The highest BCUT2D eigenvalue weighted by molar-refractivity contribution is 5.39. The molecule has 4 nitrogen and oxygen atoms in total. The maximum atomic E-state index is 9.47. The Labute approximate surface area is 89.4 Å². The number of hydrogen-bond donors (Lipinski definition) is 2. The predicted octanol–water partition coefficient (Wildman–Crippen LogP) is 1.14. The Morgan fingerprint density at radius 2 is 2.33 bits per heavy atom. The van der Waals surface area contributed by atoms with E-state index in [2.05, 4.69) is 19.0 Å². The molecule has 2 unspecified atom stereocenters. The number of aliphatic hydroxyl groups is 1. The van der Waals surface area contributed by atoms with Crippen LogP contribution in [0.2, 0.25) is 0 Å². The molecule has 0 radical (unpaired) electrons. The van der Waals surface area contributed by atoms with Crippen LogP contribution in [-0.2, 0) is 12.0 Å². The summed E-state index contributed by atoms with van der Waals surface area (Å²) in [5, 5.41) is 13.5. The molecule has 1 aliphatic rings. The SMILES string of the molecule is CC(C)c1noc2c1C(N)(CO)C(C)C2. The van der Waals surface area contributed by atoms with Gasteiger partial charge in [0, 0.05) is 12.0 Å². The number of rotatable bonds is 2. The lowest BCUT2D eigenvalue weighted by atomic mass is 9.84. The second-order valence-electron chi connectivity index (χ2n) is 4.82. The Kier molecular flexibility index (Phi) is 2.35. The van der Waals surface area contributed by atoms with Gasteiger partial charge in [0.15, 0.2) is 0 Å². The van der Waals surface area contributed by atoms with Gasteiger partial charge in [0.2, 0.25) is 0 Å². The van der Waals surface area contributed by atoms with Crippen molar-refractivity contribution in [1.82, 2.24) is 5.16 Å². The molecule has 2 atom stereocenters. The Morgan fingerprint density at radius 3 is 2.87 bits per heavy atom. The van der Waals surface area contributed by atoms with E-state index in [1.807, 2.05) is 6.92 Å². The van der Waals surface area contributed by atoms with Crippen molar-refractivity contribution in [1.29, 1.82) is 0 Å². The van der Waals surface area contributed by atoms with Crippen LogP contribution in [0.15, 0.2) is 4.52 Å². The molecule has 84 valence electrons. The maximum Gasteiger partial charge on any atom is 0.142 e. The van der Waals surface area contributed by atoms with Gasteiger partial charge in [0.1, 0.15) is 5.76 Å². The van der Waals surface area contributed by atoms with E-state index in [1.54, 1.807) is 0 Å². The first-order chi connectivity index (χ1) is 7.00. The first-order valence-electron chi connectivity index (χ1n) is 5.39. The van der Waals surface area contributed by atoms with Gasteiger partial charge in [0.25, 0.3) is 0 Å². The van der Waals surface area contributed by atoms with Gasteiger partial charge in [-0.15, -0.1) is 0 Å². The molecule has 2 rings (SSSR count). The van der Waals surface area contributed by atoms with E-state index >= 15 is 0 Å². The second-order valence-corrected chi connectivity index (χ2v) is 4.82. The number of nitrogens with two attached hydrogens (primary N) is 1. The molecule has 3 N–H and O–H groups in total. The normalized spacial score (nSPS) is 29.9. The molecular weight excluding hydrogens is 192 g/mol. The van der Waals surface area contributed by atoms with Crippen LogP contribution in [0.3, 0.4) is 0 Å². The summed E-state index contributed by atoms with van der Waals surface area (Å²) in [7, 11) is 0. The smallest absolute Gasteiger partial charge is 0.142 e. The van der Waals surface area contributed by atoms with Crippen LogP contribution < -0.4 is 5.73 Å². The van der Waals surface area contributed by atoms with E-state index in [1.165, 1.54) is 0 Å². The van der Waals surface area contributed by atoms with Gasteiger partial charge in [-0.1, -0.05) is 25.9 Å². The lowest BCUT2D eigenvalue weighted by Gasteiger charge is -2.28. The minimum Gasteiger partial charge on any atom is -0.394 e. The summed E-state index contributed by atoms with van der Waals surface area (Å²) in [6, 6.07) is 0. The van der Waals surface area contributed by atoms with Gasteiger partial charge in [0.05, 0.1) is 17.8 Å². The first-order valence-corrected chi connectivity index (χ1v) is 5.39. The van der Waals surface area contributed by atoms with Gasteiger partial charge in [-0.2, -0.15) is 0 Å². The third kappa shape index (κ3) is 1.32. The van der Waals surface area contributed by atoms with Crippen LogP contribution in [0, 0.1) is 5.92 Å². The van der Waals surface area contributed by atoms with Crippen molar-refractivity contribution < 1.29 is 9.63 Å². The van der Waals surface area contributed by atoms with Gasteiger partial charge >= 0.3 is 0 Å². The minimum absolute atomic E-state index is 0.0535. The largest absolute Gasteiger partial charge is 0.394 e. The van der Waals surface area contributed by atoms with Crippen LogP contribution in [0.1, 0.15) is 43.7 Å². The Hall–Kier alpha value is -0.870. The Bertz CT molecular complexity index is 373. The Morgan fingerprint density at radius 1 is 1.67 bits per heavy atom. The van der Waals surface area contributed by atoms with Crippen molar-refractivity contribution in [2.75, 3.05) is 6.61 Å². The predicted molar refractivity (Wildman–Crippen MR) is 56.4 cm³/mol. The van der Waals surface area contributed by atoms with Crippen LogP contribution >= 0.6 is 0 Å². The third-order valence-corrected chi connectivity index (χ3v) is 3.43. The fourth-order valence-corrected chi connectivity index (χ4v) is 2.31. The van der Waals surface area contributed by atoms with Crippen molar-refractivity contribution in [2.45, 2.75) is 38.6 Å². The zero-order valence-corrected chi connectivity index (χ0v) is 9.45. The van der Waals surface area contributed by atoms with Crippen LogP contribution in [-0.4, -0.2) is 16.9 Å². The van der Waals surface area contributed by atoms with E-state index in [-0.39, 0.29) is 18.4 Å². The summed E-state index contributed by atoms with van der Waals surface area (Å²) in [6.45, 7) is 6.09. The molecule has 0 fully saturated rings. The Balaban J connectivity index is 2.54. The molecule has 0 amide bonds. The van der Waals surface area contributed by atoms with Gasteiger partial charge in [-0.3, -0.25) is 0 Å². The van der Waals surface area contributed by atoms with Gasteiger partial charge in [-0.05, 0) is 11.8 Å². The fraction of sp³-hybridized carbons (Fsp3) is 0.727. The molecule has 0 saturated heterocycles. The minimum atomic E-state index is -0.672. The topological polar surface area (TPSA) is 72.3 Å². The molecule has 1 aromatic rings. The lowest BCUT2D eigenvalue weighted by molar-refractivity contribution is 0.157. The molecule has 0 bridgehead atoms. The van der Waals surface area contributed by atoms with Crippen molar-refractivity contribution in [3.63, 3.8) is 0 Å². The van der Waals surface area contributed by atoms with Gasteiger partial charge in [-0.25, -0.2) is 0 Å². The fourth-order valence-electron chi connectivity index (χ4n) is 2.31. The molecule has 1 heterocycles. The molecule has 1 aromatic heterocycles. The number of aromatic nitrogens is 1. The van der Waals surface area contributed by atoms with Crippen molar-refractivity contribution in [3.8, 4) is 0 Å². The average molecular weight is 210 g/mol. The number of aliphatic hydroxyl groups excluding tert-OH is 1. The maximum absolute atomic E-state index is 9.47.